The first kappa shape index (κ1) is 30.7. The third kappa shape index (κ3) is 13.1. The molecule has 4 saturated carbocycles. The van der Waals surface area contributed by atoms with Crippen molar-refractivity contribution in [3.8, 4) is 0 Å². The van der Waals surface area contributed by atoms with Gasteiger partial charge in [-0.3, -0.25) is 0 Å². The second-order valence-corrected chi connectivity index (χ2v) is 8.77. The maximum absolute atomic E-state index is 2.25. The van der Waals surface area contributed by atoms with E-state index in [1.54, 1.807) is 0 Å². The Kier molecular flexibility index (Phi) is 20.4. The Labute approximate surface area is 213 Å². The van der Waals surface area contributed by atoms with Crippen molar-refractivity contribution >= 4 is 23.5 Å². The normalized spacial score (nSPS) is 23.2. The number of thioether (sulfide) groups is 2. The summed E-state index contributed by atoms with van der Waals surface area (Å²) >= 11 is 3.80. The van der Waals surface area contributed by atoms with E-state index in [1.807, 2.05) is 87.7 Å². The quantitative estimate of drug-likeness (QED) is 0.399. The van der Waals surface area contributed by atoms with Crippen molar-refractivity contribution in [3.63, 3.8) is 0 Å². The van der Waals surface area contributed by atoms with Crippen LogP contribution in [0.3, 0.4) is 0 Å². The number of hydrogen-bond donors (Lipinski definition) is 0. The van der Waals surface area contributed by atoms with Crippen LogP contribution in [0.15, 0.2) is 0 Å². The number of rotatable bonds is 5. The SMILES string of the molecule is CS[C]1[CH][CH][CH][C]1C[C]1[CH][CH][CH][C]1SC(C)C.[CH]1[CH][CH][CH][CH]1.[CH]1[CH][CH][CH][CH]1.[Fe+2].[Fe+2]. The van der Waals surface area contributed by atoms with E-state index in [-0.39, 0.29) is 34.1 Å². The van der Waals surface area contributed by atoms with Crippen LogP contribution < -0.4 is 0 Å². The third-order valence-corrected chi connectivity index (χ3v) is 5.76. The Morgan fingerprint density at radius 3 is 1.34 bits per heavy atom. The smallest absolute Gasteiger partial charge is 0.156 e. The Hall–Kier alpha value is 1.74. The summed E-state index contributed by atoms with van der Waals surface area (Å²) in [7, 11) is 0. The minimum absolute atomic E-state index is 0. The van der Waals surface area contributed by atoms with E-state index in [0.29, 0.717) is 5.25 Å². The fourth-order valence-electron chi connectivity index (χ4n) is 2.59. The van der Waals surface area contributed by atoms with Gasteiger partial charge in [-0.1, -0.05) is 13.8 Å². The molecule has 0 nitrogen and oxygen atoms in total. The molecule has 4 aliphatic rings. The van der Waals surface area contributed by atoms with Gasteiger partial charge < -0.3 is 0 Å². The van der Waals surface area contributed by atoms with Gasteiger partial charge in [0.05, 0.1) is 0 Å². The first-order chi connectivity index (χ1) is 13.2. The van der Waals surface area contributed by atoms with Gasteiger partial charge in [0.15, 0.2) is 0 Å². The zero-order valence-corrected chi connectivity index (χ0v) is 20.9. The molecule has 0 unspecified atom stereocenters. The van der Waals surface area contributed by atoms with Gasteiger partial charge in [0.25, 0.3) is 0 Å². The van der Waals surface area contributed by atoms with Crippen molar-refractivity contribution in [1.29, 1.82) is 0 Å². The van der Waals surface area contributed by atoms with E-state index in [0.717, 1.165) is 6.42 Å². The van der Waals surface area contributed by atoms with E-state index in [4.69, 9.17) is 0 Å². The van der Waals surface area contributed by atoms with Gasteiger partial charge in [0, 0.05) is 10.5 Å². The molecular weight excluding hydrogens is 476 g/mol. The summed E-state index contributed by atoms with van der Waals surface area (Å²) < 4.78 is 0. The van der Waals surface area contributed by atoms with E-state index < -0.39 is 0 Å². The van der Waals surface area contributed by atoms with Crippen molar-refractivity contribution in [3.05, 3.63) is 125 Å². The zero-order chi connectivity index (χ0) is 19.3. The van der Waals surface area contributed by atoms with Gasteiger partial charge in [-0.25, -0.2) is 0 Å². The average molecular weight is 504 g/mol. The van der Waals surface area contributed by atoms with E-state index in [1.165, 1.54) is 22.3 Å². The van der Waals surface area contributed by atoms with E-state index in [9.17, 15) is 0 Å². The molecule has 0 atom stereocenters. The van der Waals surface area contributed by atoms with Crippen molar-refractivity contribution in [2.75, 3.05) is 6.26 Å². The van der Waals surface area contributed by atoms with Crippen molar-refractivity contribution in [1.82, 2.24) is 0 Å². The summed E-state index contributed by atoms with van der Waals surface area (Å²) in [5, 5.41) is 3.50. The van der Waals surface area contributed by atoms with Crippen LogP contribution in [-0.4, -0.2) is 11.5 Å². The predicted octanol–water partition coefficient (Wildman–Crippen LogP) is 6.38. The van der Waals surface area contributed by atoms with Crippen LogP contribution in [0, 0.1) is 125 Å². The predicted molar refractivity (Wildman–Crippen MR) is 123 cm³/mol. The largest absolute Gasteiger partial charge is 2.00 e. The Morgan fingerprint density at radius 2 is 0.966 bits per heavy atom. The van der Waals surface area contributed by atoms with Gasteiger partial charge in [-0.05, 0) is 132 Å². The van der Waals surface area contributed by atoms with Gasteiger partial charge in [-0.15, -0.1) is 11.8 Å². The van der Waals surface area contributed by atoms with Crippen LogP contribution in [0.4, 0.5) is 0 Å². The molecule has 0 aliphatic heterocycles. The van der Waals surface area contributed by atoms with Crippen molar-refractivity contribution in [2.45, 2.75) is 25.5 Å². The standard InChI is InChI=1S/C15H18S2.2C5H5.2Fe/c1-11(2)17-15-9-5-7-13(15)10-12-6-4-8-14(12)16-3;2*1-2-4-5-3-1;;/h4-9,11H,10H2,1-3H3;2*1-5H;;/q;;;2*+2. The molecule has 0 aromatic rings. The molecule has 4 aliphatic carbocycles. The van der Waals surface area contributed by atoms with Crippen LogP contribution in [0.5, 0.6) is 0 Å². The molecule has 0 amide bonds. The first-order valence-corrected chi connectivity index (χ1v) is 11.3. The molecule has 4 fully saturated rings. The molecule has 0 aromatic carbocycles. The summed E-state index contributed by atoms with van der Waals surface area (Å²) in [6.07, 6.45) is 36.5. The molecule has 0 bridgehead atoms. The first-order valence-electron chi connectivity index (χ1n) is 9.24. The molecule has 29 heavy (non-hydrogen) atoms. The molecule has 4 rings (SSSR count). The fourth-order valence-corrected chi connectivity index (χ4v) is 4.16. The summed E-state index contributed by atoms with van der Waals surface area (Å²) in [6.45, 7) is 4.49. The van der Waals surface area contributed by atoms with E-state index in [2.05, 4.69) is 58.6 Å². The second-order valence-electron chi connectivity index (χ2n) is 6.30. The minimum atomic E-state index is 0. The van der Waals surface area contributed by atoms with Crippen molar-refractivity contribution < 1.29 is 34.1 Å². The monoisotopic (exact) mass is 504 g/mol. The maximum Gasteiger partial charge on any atom is 2.00 e. The second kappa shape index (κ2) is 19.2. The van der Waals surface area contributed by atoms with Crippen LogP contribution in [0.25, 0.3) is 0 Å². The fraction of sp³-hybridized carbons (Fsp3) is 0.200. The van der Waals surface area contributed by atoms with E-state index >= 15 is 0 Å². The van der Waals surface area contributed by atoms with Gasteiger partial charge in [0.1, 0.15) is 0 Å². The van der Waals surface area contributed by atoms with Gasteiger partial charge in [-0.2, -0.15) is 11.8 Å². The summed E-state index contributed by atoms with van der Waals surface area (Å²) in [5.41, 5.74) is 0. The Morgan fingerprint density at radius 1 is 0.586 bits per heavy atom. The molecule has 152 valence electrons. The zero-order valence-electron chi connectivity index (χ0n) is 17.0. The molecular formula is C25H28Fe2S2+4. The third-order valence-electron chi connectivity index (χ3n) is 3.80. The summed E-state index contributed by atoms with van der Waals surface area (Å²) in [4.78, 5) is 0. The summed E-state index contributed by atoms with van der Waals surface area (Å²) in [5.74, 6) is 2.92. The van der Waals surface area contributed by atoms with Gasteiger partial charge in [0.2, 0.25) is 0 Å². The molecule has 0 N–H and O–H groups in total. The molecule has 20 radical (unpaired) electrons. The van der Waals surface area contributed by atoms with Crippen LogP contribution in [0.1, 0.15) is 20.3 Å². The topological polar surface area (TPSA) is 0 Å². The van der Waals surface area contributed by atoms with Crippen LogP contribution in [-0.2, 0) is 34.1 Å². The van der Waals surface area contributed by atoms with Crippen molar-refractivity contribution in [2.24, 2.45) is 0 Å². The van der Waals surface area contributed by atoms with Gasteiger partial charge >= 0.3 is 34.1 Å². The molecule has 0 heterocycles. The Bertz CT molecular complexity index is 332. The van der Waals surface area contributed by atoms with Crippen LogP contribution >= 0.6 is 23.5 Å². The molecule has 0 aromatic heterocycles. The molecule has 4 heteroatoms. The van der Waals surface area contributed by atoms with Crippen LogP contribution in [0.2, 0.25) is 0 Å². The summed E-state index contributed by atoms with van der Waals surface area (Å²) in [6, 6.07) is 0. The molecule has 0 saturated heterocycles. The minimum Gasteiger partial charge on any atom is -0.156 e. The average Bonchev–Trinajstić information content (AvgIpc) is 3.46. The Balaban J connectivity index is 0.000000537. The molecule has 0 spiro atoms. The number of hydrogen-bond acceptors (Lipinski definition) is 2. The maximum atomic E-state index is 2.25.